The standard InChI is InChI=1S/C14H19FN4/c1-4-12-17-13(5-2)19(18-12)14-10(9(3)16)7-6-8-11(14)15/h6-9H,4-5,16H2,1-3H3/t9-/m1/s1. The summed E-state index contributed by atoms with van der Waals surface area (Å²) in [5, 5.41) is 4.38. The van der Waals surface area contributed by atoms with Crippen molar-refractivity contribution in [3.63, 3.8) is 0 Å². The van der Waals surface area contributed by atoms with E-state index < -0.39 is 0 Å². The van der Waals surface area contributed by atoms with Crippen LogP contribution in [0.4, 0.5) is 4.39 Å². The second-order valence-electron chi connectivity index (χ2n) is 4.53. The van der Waals surface area contributed by atoms with E-state index in [1.54, 1.807) is 10.7 Å². The predicted molar refractivity (Wildman–Crippen MR) is 72.7 cm³/mol. The zero-order valence-electron chi connectivity index (χ0n) is 11.5. The van der Waals surface area contributed by atoms with E-state index in [-0.39, 0.29) is 11.9 Å². The summed E-state index contributed by atoms with van der Waals surface area (Å²) in [6, 6.07) is 4.66. The maximum atomic E-state index is 14.2. The van der Waals surface area contributed by atoms with Gasteiger partial charge in [0.25, 0.3) is 0 Å². The van der Waals surface area contributed by atoms with Crippen LogP contribution in [0.25, 0.3) is 5.69 Å². The summed E-state index contributed by atoms with van der Waals surface area (Å²) in [5.41, 5.74) is 7.08. The fourth-order valence-corrected chi connectivity index (χ4v) is 2.07. The largest absolute Gasteiger partial charge is 0.324 e. The van der Waals surface area contributed by atoms with E-state index in [1.807, 2.05) is 26.8 Å². The zero-order valence-corrected chi connectivity index (χ0v) is 11.5. The maximum Gasteiger partial charge on any atom is 0.151 e. The molecule has 2 aromatic rings. The van der Waals surface area contributed by atoms with Crippen molar-refractivity contribution >= 4 is 0 Å². The summed E-state index contributed by atoms with van der Waals surface area (Å²) in [5.74, 6) is 1.15. The number of rotatable bonds is 4. The smallest absolute Gasteiger partial charge is 0.151 e. The highest BCUT2D eigenvalue weighted by Gasteiger charge is 2.18. The molecule has 4 nitrogen and oxygen atoms in total. The average molecular weight is 262 g/mol. The molecule has 0 radical (unpaired) electrons. The number of aryl methyl sites for hydroxylation is 2. The lowest BCUT2D eigenvalue weighted by Crippen LogP contribution is -2.14. The Morgan fingerprint density at radius 1 is 1.32 bits per heavy atom. The first-order valence-corrected chi connectivity index (χ1v) is 6.57. The molecule has 0 saturated carbocycles. The Balaban J connectivity index is 2.67. The number of aromatic nitrogens is 3. The molecule has 0 fully saturated rings. The molecule has 19 heavy (non-hydrogen) atoms. The number of nitrogens with zero attached hydrogens (tertiary/aromatic N) is 3. The molecule has 0 aliphatic rings. The van der Waals surface area contributed by atoms with Crippen LogP contribution in [0.15, 0.2) is 18.2 Å². The quantitative estimate of drug-likeness (QED) is 0.921. The molecule has 0 bridgehead atoms. The van der Waals surface area contributed by atoms with Gasteiger partial charge in [-0.3, -0.25) is 0 Å². The lowest BCUT2D eigenvalue weighted by atomic mass is 10.1. The van der Waals surface area contributed by atoms with Crippen LogP contribution in [0.5, 0.6) is 0 Å². The molecule has 102 valence electrons. The summed E-state index contributed by atoms with van der Waals surface area (Å²) in [6.45, 7) is 5.79. The van der Waals surface area contributed by atoms with E-state index in [4.69, 9.17) is 5.73 Å². The molecule has 2 rings (SSSR count). The monoisotopic (exact) mass is 262 g/mol. The lowest BCUT2D eigenvalue weighted by Gasteiger charge is -2.14. The highest BCUT2D eigenvalue weighted by molar-refractivity contribution is 5.44. The third-order valence-electron chi connectivity index (χ3n) is 3.07. The second-order valence-corrected chi connectivity index (χ2v) is 4.53. The van der Waals surface area contributed by atoms with Crippen LogP contribution in [-0.4, -0.2) is 14.8 Å². The van der Waals surface area contributed by atoms with Crippen LogP contribution in [0.3, 0.4) is 0 Å². The first-order chi connectivity index (χ1) is 9.08. The van der Waals surface area contributed by atoms with E-state index in [0.717, 1.165) is 23.6 Å². The van der Waals surface area contributed by atoms with Crippen molar-refractivity contribution < 1.29 is 4.39 Å². The summed E-state index contributed by atoms with van der Waals surface area (Å²) in [4.78, 5) is 4.41. The minimum absolute atomic E-state index is 0.260. The van der Waals surface area contributed by atoms with Gasteiger partial charge in [-0.15, -0.1) is 0 Å². The van der Waals surface area contributed by atoms with Crippen molar-refractivity contribution in [2.24, 2.45) is 5.73 Å². The Morgan fingerprint density at radius 2 is 2.05 bits per heavy atom. The zero-order chi connectivity index (χ0) is 14.0. The van der Waals surface area contributed by atoms with Gasteiger partial charge in [-0.2, -0.15) is 5.10 Å². The van der Waals surface area contributed by atoms with E-state index >= 15 is 0 Å². The number of nitrogens with two attached hydrogens (primary N) is 1. The Bertz CT molecular complexity index is 575. The van der Waals surface area contributed by atoms with E-state index in [9.17, 15) is 4.39 Å². The molecule has 1 aromatic carbocycles. The number of hydrogen-bond donors (Lipinski definition) is 1. The summed E-state index contributed by atoms with van der Waals surface area (Å²) >= 11 is 0. The van der Waals surface area contributed by atoms with Crippen LogP contribution >= 0.6 is 0 Å². The topological polar surface area (TPSA) is 56.7 Å². The van der Waals surface area contributed by atoms with Gasteiger partial charge in [0, 0.05) is 18.9 Å². The number of benzene rings is 1. The molecule has 0 aliphatic carbocycles. The van der Waals surface area contributed by atoms with Crippen LogP contribution in [0.2, 0.25) is 0 Å². The minimum atomic E-state index is -0.322. The van der Waals surface area contributed by atoms with Crippen LogP contribution in [0.1, 0.15) is 44.0 Å². The predicted octanol–water partition coefficient (Wildman–Crippen LogP) is 2.55. The molecule has 5 heteroatoms. The molecule has 0 saturated heterocycles. The van der Waals surface area contributed by atoms with Gasteiger partial charge in [-0.25, -0.2) is 14.1 Å². The summed E-state index contributed by atoms with van der Waals surface area (Å²) in [7, 11) is 0. The molecule has 0 amide bonds. The number of para-hydroxylation sites is 1. The van der Waals surface area contributed by atoms with Gasteiger partial charge in [0.05, 0.1) is 0 Å². The average Bonchev–Trinajstić information content (AvgIpc) is 2.81. The normalized spacial score (nSPS) is 12.7. The van der Waals surface area contributed by atoms with Crippen LogP contribution in [-0.2, 0) is 12.8 Å². The highest BCUT2D eigenvalue weighted by Crippen LogP contribution is 2.24. The molecule has 1 atom stereocenters. The van der Waals surface area contributed by atoms with Crippen LogP contribution < -0.4 is 5.73 Å². The lowest BCUT2D eigenvalue weighted by molar-refractivity contribution is 0.596. The fraction of sp³-hybridized carbons (Fsp3) is 0.429. The van der Waals surface area contributed by atoms with Gasteiger partial charge in [-0.05, 0) is 18.6 Å². The third kappa shape index (κ3) is 2.51. The first-order valence-electron chi connectivity index (χ1n) is 6.57. The number of hydrogen-bond acceptors (Lipinski definition) is 3. The number of halogens is 1. The SMILES string of the molecule is CCc1nc(CC)n(-c2c(F)cccc2[C@@H](C)N)n1. The summed E-state index contributed by atoms with van der Waals surface area (Å²) < 4.78 is 15.8. The Hall–Kier alpha value is -1.75. The third-order valence-corrected chi connectivity index (χ3v) is 3.07. The van der Waals surface area contributed by atoms with Gasteiger partial charge in [-0.1, -0.05) is 26.0 Å². The minimum Gasteiger partial charge on any atom is -0.324 e. The Morgan fingerprint density at radius 3 is 2.63 bits per heavy atom. The molecule has 0 spiro atoms. The maximum absolute atomic E-state index is 14.2. The molecule has 0 unspecified atom stereocenters. The van der Waals surface area contributed by atoms with Gasteiger partial charge in [0.2, 0.25) is 0 Å². The highest BCUT2D eigenvalue weighted by atomic mass is 19.1. The van der Waals surface area contributed by atoms with Crippen LogP contribution in [0, 0.1) is 5.82 Å². The molecular weight excluding hydrogens is 243 g/mol. The van der Waals surface area contributed by atoms with Crippen molar-refractivity contribution in [1.82, 2.24) is 14.8 Å². The van der Waals surface area contributed by atoms with Gasteiger partial charge >= 0.3 is 0 Å². The Labute approximate surface area is 112 Å². The summed E-state index contributed by atoms with van der Waals surface area (Å²) in [6.07, 6.45) is 1.42. The molecule has 0 aliphatic heterocycles. The van der Waals surface area contributed by atoms with Crippen molar-refractivity contribution in [2.45, 2.75) is 39.7 Å². The van der Waals surface area contributed by atoms with Crippen molar-refractivity contribution in [1.29, 1.82) is 0 Å². The van der Waals surface area contributed by atoms with Crippen molar-refractivity contribution in [2.75, 3.05) is 0 Å². The first kappa shape index (κ1) is 13.7. The van der Waals surface area contributed by atoms with E-state index in [2.05, 4.69) is 10.1 Å². The second kappa shape index (κ2) is 5.48. The van der Waals surface area contributed by atoms with E-state index in [1.165, 1.54) is 6.07 Å². The fourth-order valence-electron chi connectivity index (χ4n) is 2.07. The molecule has 1 heterocycles. The van der Waals surface area contributed by atoms with Crippen molar-refractivity contribution in [3.8, 4) is 5.69 Å². The van der Waals surface area contributed by atoms with Gasteiger partial charge in [0.15, 0.2) is 5.82 Å². The molecule has 2 N–H and O–H groups in total. The van der Waals surface area contributed by atoms with E-state index in [0.29, 0.717) is 12.1 Å². The Kier molecular flexibility index (Phi) is 3.95. The van der Waals surface area contributed by atoms with Gasteiger partial charge < -0.3 is 5.73 Å². The van der Waals surface area contributed by atoms with Crippen molar-refractivity contribution in [3.05, 3.63) is 41.2 Å². The molecular formula is C14H19FN4. The van der Waals surface area contributed by atoms with Gasteiger partial charge in [0.1, 0.15) is 17.3 Å². The molecule has 1 aromatic heterocycles.